The molecule has 100 valence electrons. The van der Waals surface area contributed by atoms with Crippen LogP contribution in [0.2, 0.25) is 0 Å². The molecule has 2 aromatic rings. The molecule has 0 fully saturated rings. The lowest BCUT2D eigenvalue weighted by Crippen LogP contribution is -2.28. The van der Waals surface area contributed by atoms with Crippen molar-refractivity contribution in [3.05, 3.63) is 41.1 Å². The van der Waals surface area contributed by atoms with Crippen LogP contribution < -0.4 is 0 Å². The number of aryl methyl sites for hydroxylation is 2. The molecular weight excluding hydrogens is 236 g/mol. The minimum absolute atomic E-state index is 0.144. The van der Waals surface area contributed by atoms with E-state index in [0.717, 1.165) is 28.7 Å². The first-order valence-corrected chi connectivity index (χ1v) is 6.63. The van der Waals surface area contributed by atoms with Gasteiger partial charge >= 0.3 is 0 Å². The smallest absolute Gasteiger partial charge is 0.226 e. The van der Waals surface area contributed by atoms with Crippen LogP contribution in [0.1, 0.15) is 23.7 Å². The van der Waals surface area contributed by atoms with E-state index in [0.29, 0.717) is 6.42 Å². The van der Waals surface area contributed by atoms with Gasteiger partial charge in [0.2, 0.25) is 5.91 Å². The third-order valence-electron chi connectivity index (χ3n) is 3.71. The minimum atomic E-state index is 0.144. The molecule has 0 atom stereocenters. The quantitative estimate of drug-likeness (QED) is 0.846. The van der Waals surface area contributed by atoms with E-state index in [1.807, 2.05) is 39.1 Å². The predicted molar refractivity (Wildman–Crippen MR) is 78.2 cm³/mol. The molecule has 0 spiro atoms. The van der Waals surface area contributed by atoms with E-state index in [-0.39, 0.29) is 5.91 Å². The molecule has 0 saturated heterocycles. The fourth-order valence-corrected chi connectivity index (χ4v) is 2.29. The molecule has 1 heterocycles. The Morgan fingerprint density at radius 1 is 1.26 bits per heavy atom. The van der Waals surface area contributed by atoms with Gasteiger partial charge in [0.05, 0.1) is 11.9 Å². The largest absolute Gasteiger partial charge is 0.346 e. The summed E-state index contributed by atoms with van der Waals surface area (Å²) in [5.74, 6) is 0.144. The third kappa shape index (κ3) is 2.60. The van der Waals surface area contributed by atoms with Gasteiger partial charge in [-0.15, -0.1) is 0 Å². The summed E-state index contributed by atoms with van der Waals surface area (Å²) in [4.78, 5) is 18.4. The summed E-state index contributed by atoms with van der Waals surface area (Å²) in [5.41, 5.74) is 4.18. The molecule has 1 aromatic heterocycles. The third-order valence-corrected chi connectivity index (χ3v) is 3.71. The minimum Gasteiger partial charge on any atom is -0.346 e. The lowest BCUT2D eigenvalue weighted by molar-refractivity contribution is -0.129. The second-order valence-electron chi connectivity index (χ2n) is 4.90. The molecule has 0 aliphatic rings. The standard InChI is InChI=1S/C16H20N2O/c1-5-18(4)16(19)10-14-11(2)13-8-6-7-9-15(13)17-12(14)3/h6-9H,5,10H2,1-4H3. The Hall–Kier alpha value is -1.90. The zero-order valence-corrected chi connectivity index (χ0v) is 12.0. The molecule has 1 amide bonds. The molecule has 0 aliphatic heterocycles. The number of nitrogens with zero attached hydrogens (tertiary/aromatic N) is 2. The molecule has 3 heteroatoms. The summed E-state index contributed by atoms with van der Waals surface area (Å²) in [6, 6.07) is 8.08. The molecular formula is C16H20N2O. The SMILES string of the molecule is CCN(C)C(=O)Cc1c(C)nc2ccccc2c1C. The highest BCUT2D eigenvalue weighted by Crippen LogP contribution is 2.23. The Bertz CT molecular complexity index is 619. The number of carbonyl (C=O) groups is 1. The van der Waals surface area contributed by atoms with Crippen molar-refractivity contribution in [2.75, 3.05) is 13.6 Å². The first-order chi connectivity index (χ1) is 9.04. The van der Waals surface area contributed by atoms with Gasteiger partial charge in [-0.1, -0.05) is 18.2 Å². The molecule has 0 N–H and O–H groups in total. The molecule has 19 heavy (non-hydrogen) atoms. The molecule has 1 aromatic carbocycles. The number of pyridine rings is 1. The van der Waals surface area contributed by atoms with Crippen molar-refractivity contribution < 1.29 is 4.79 Å². The lowest BCUT2D eigenvalue weighted by atomic mass is 9.99. The number of fused-ring (bicyclic) bond motifs is 1. The van der Waals surface area contributed by atoms with Gasteiger partial charge in [-0.2, -0.15) is 0 Å². The van der Waals surface area contributed by atoms with E-state index in [1.54, 1.807) is 4.90 Å². The summed E-state index contributed by atoms with van der Waals surface area (Å²) in [6.45, 7) is 6.77. The number of likely N-dealkylation sites (N-methyl/N-ethyl adjacent to an activating group) is 1. The average molecular weight is 256 g/mol. The van der Waals surface area contributed by atoms with Crippen LogP contribution in [0.15, 0.2) is 24.3 Å². The van der Waals surface area contributed by atoms with Crippen LogP contribution in [0.5, 0.6) is 0 Å². The van der Waals surface area contributed by atoms with Crippen molar-refractivity contribution in [3.8, 4) is 0 Å². The summed E-state index contributed by atoms with van der Waals surface area (Å²) in [7, 11) is 1.83. The zero-order valence-electron chi connectivity index (χ0n) is 12.0. The molecule has 0 aliphatic carbocycles. The molecule has 2 rings (SSSR count). The number of benzene rings is 1. The van der Waals surface area contributed by atoms with Gasteiger partial charge in [0.15, 0.2) is 0 Å². The lowest BCUT2D eigenvalue weighted by Gasteiger charge is -2.17. The second kappa shape index (κ2) is 5.39. The fourth-order valence-electron chi connectivity index (χ4n) is 2.29. The van der Waals surface area contributed by atoms with Crippen LogP contribution in [-0.2, 0) is 11.2 Å². The van der Waals surface area contributed by atoms with E-state index in [1.165, 1.54) is 5.56 Å². The van der Waals surface area contributed by atoms with E-state index < -0.39 is 0 Å². The Morgan fingerprint density at radius 3 is 2.63 bits per heavy atom. The fraction of sp³-hybridized carbons (Fsp3) is 0.375. The Balaban J connectivity index is 2.46. The van der Waals surface area contributed by atoms with Crippen LogP contribution in [0.25, 0.3) is 10.9 Å². The van der Waals surface area contributed by atoms with Crippen LogP contribution >= 0.6 is 0 Å². The van der Waals surface area contributed by atoms with Gasteiger partial charge in [0, 0.05) is 24.7 Å². The van der Waals surface area contributed by atoms with Crippen molar-refractivity contribution >= 4 is 16.8 Å². The van der Waals surface area contributed by atoms with Crippen molar-refractivity contribution in [1.82, 2.24) is 9.88 Å². The molecule has 0 unspecified atom stereocenters. The van der Waals surface area contributed by atoms with Crippen molar-refractivity contribution in [2.24, 2.45) is 0 Å². The highest BCUT2D eigenvalue weighted by Gasteiger charge is 2.14. The van der Waals surface area contributed by atoms with Crippen LogP contribution in [0.3, 0.4) is 0 Å². The molecule has 0 saturated carbocycles. The number of hydrogen-bond acceptors (Lipinski definition) is 2. The van der Waals surface area contributed by atoms with E-state index in [9.17, 15) is 4.79 Å². The average Bonchev–Trinajstić information content (AvgIpc) is 2.42. The number of para-hydroxylation sites is 1. The summed E-state index contributed by atoms with van der Waals surface area (Å²) in [6.07, 6.45) is 0.430. The monoisotopic (exact) mass is 256 g/mol. The van der Waals surface area contributed by atoms with Gasteiger partial charge in [-0.3, -0.25) is 9.78 Å². The maximum absolute atomic E-state index is 12.1. The van der Waals surface area contributed by atoms with E-state index in [4.69, 9.17) is 0 Å². The van der Waals surface area contributed by atoms with Crippen LogP contribution in [0, 0.1) is 13.8 Å². The predicted octanol–water partition coefficient (Wildman–Crippen LogP) is 2.87. The summed E-state index contributed by atoms with van der Waals surface area (Å²) >= 11 is 0. The Morgan fingerprint density at radius 2 is 1.95 bits per heavy atom. The second-order valence-corrected chi connectivity index (χ2v) is 4.90. The number of aromatic nitrogens is 1. The normalized spacial score (nSPS) is 10.7. The van der Waals surface area contributed by atoms with Crippen molar-refractivity contribution in [1.29, 1.82) is 0 Å². The number of carbonyl (C=O) groups excluding carboxylic acids is 1. The summed E-state index contributed by atoms with van der Waals surface area (Å²) in [5, 5.41) is 1.13. The summed E-state index contributed by atoms with van der Waals surface area (Å²) < 4.78 is 0. The van der Waals surface area contributed by atoms with Gasteiger partial charge in [-0.05, 0) is 38.0 Å². The Kier molecular flexibility index (Phi) is 3.84. The first kappa shape index (κ1) is 13.5. The zero-order chi connectivity index (χ0) is 14.0. The molecule has 0 radical (unpaired) electrons. The molecule has 3 nitrogen and oxygen atoms in total. The van der Waals surface area contributed by atoms with E-state index in [2.05, 4.69) is 18.0 Å². The van der Waals surface area contributed by atoms with E-state index >= 15 is 0 Å². The number of amides is 1. The number of rotatable bonds is 3. The highest BCUT2D eigenvalue weighted by molar-refractivity contribution is 5.86. The van der Waals surface area contributed by atoms with Crippen molar-refractivity contribution in [3.63, 3.8) is 0 Å². The maximum Gasteiger partial charge on any atom is 0.226 e. The highest BCUT2D eigenvalue weighted by atomic mass is 16.2. The molecule has 0 bridgehead atoms. The van der Waals surface area contributed by atoms with Crippen LogP contribution in [-0.4, -0.2) is 29.4 Å². The first-order valence-electron chi connectivity index (χ1n) is 6.63. The van der Waals surface area contributed by atoms with Gasteiger partial charge in [0.1, 0.15) is 0 Å². The van der Waals surface area contributed by atoms with Crippen LogP contribution in [0.4, 0.5) is 0 Å². The number of hydrogen-bond donors (Lipinski definition) is 0. The van der Waals surface area contributed by atoms with Gasteiger partial charge in [0.25, 0.3) is 0 Å². The topological polar surface area (TPSA) is 33.2 Å². The van der Waals surface area contributed by atoms with Crippen molar-refractivity contribution in [2.45, 2.75) is 27.2 Å². The maximum atomic E-state index is 12.1. The van der Waals surface area contributed by atoms with Gasteiger partial charge < -0.3 is 4.90 Å². The van der Waals surface area contributed by atoms with Gasteiger partial charge in [-0.25, -0.2) is 0 Å². The Labute approximate surface area is 114 Å².